The molecule has 5 N–H and O–H groups in total. The van der Waals surface area contributed by atoms with Crippen LogP contribution in [0, 0.1) is 23.0 Å². The van der Waals surface area contributed by atoms with Gasteiger partial charge in [-0.2, -0.15) is 4.98 Å². The highest BCUT2D eigenvalue weighted by molar-refractivity contribution is 6.30. The van der Waals surface area contributed by atoms with Crippen LogP contribution in [-0.4, -0.2) is 49.7 Å². The number of H-pyrrole nitrogens is 1. The molecule has 0 radical (unpaired) electrons. The lowest BCUT2D eigenvalue weighted by molar-refractivity contribution is -0.0485. The van der Waals surface area contributed by atoms with Crippen LogP contribution in [0.2, 0.25) is 0 Å². The Morgan fingerprint density at radius 1 is 1.52 bits per heavy atom. The molecule has 4 atom stereocenters. The van der Waals surface area contributed by atoms with Gasteiger partial charge in [0.15, 0.2) is 17.7 Å². The molecule has 2 aromatic rings. The number of hydrogen-bond acceptors (Lipinski definition) is 6. The Bertz CT molecular complexity index is 937. The van der Waals surface area contributed by atoms with Gasteiger partial charge in [-0.25, -0.2) is 8.78 Å². The number of anilines is 1. The summed E-state index contributed by atoms with van der Waals surface area (Å²) in [6.07, 6.45) is -1.93. The molecule has 3 heterocycles. The van der Waals surface area contributed by atoms with E-state index < -0.39 is 53.9 Å². The van der Waals surface area contributed by atoms with Crippen molar-refractivity contribution in [2.45, 2.75) is 18.0 Å². The molecule has 0 aromatic carbocycles. The van der Waals surface area contributed by atoms with E-state index in [1.807, 2.05) is 5.38 Å². The average molecular weight is 375 g/mol. The van der Waals surface area contributed by atoms with Crippen LogP contribution in [0.1, 0.15) is 6.23 Å². The van der Waals surface area contributed by atoms with Crippen molar-refractivity contribution in [2.75, 3.05) is 18.9 Å². The monoisotopic (exact) mass is 374 g/mol. The number of nitrogens with zero attached hydrogens (tertiary/aromatic N) is 2. The Kier molecular flexibility index (Phi) is 4.42. The lowest BCUT2D eigenvalue weighted by atomic mass is 9.87. The fraction of sp³-hybridized carbons (Fsp3) is 0.429. The number of aliphatic hydroxyl groups is 2. The van der Waals surface area contributed by atoms with Crippen molar-refractivity contribution < 1.29 is 23.7 Å². The van der Waals surface area contributed by atoms with Crippen molar-refractivity contribution >= 4 is 28.6 Å². The number of aliphatic hydroxyl groups excluding tert-OH is 2. The minimum absolute atomic E-state index is 0.266. The molecule has 134 valence electrons. The summed E-state index contributed by atoms with van der Waals surface area (Å²) < 4.78 is 36.1. The third-order valence-electron chi connectivity index (χ3n) is 4.17. The predicted molar refractivity (Wildman–Crippen MR) is 83.8 cm³/mol. The van der Waals surface area contributed by atoms with Gasteiger partial charge in [0, 0.05) is 11.6 Å². The highest BCUT2D eigenvalue weighted by Gasteiger charge is 2.58. The zero-order valence-electron chi connectivity index (χ0n) is 12.5. The first-order valence-electron chi connectivity index (χ1n) is 7.12. The Balaban J connectivity index is 2.25. The highest BCUT2D eigenvalue weighted by Crippen LogP contribution is 2.46. The summed E-state index contributed by atoms with van der Waals surface area (Å²) in [7, 11) is 0. The third-order valence-corrected chi connectivity index (χ3v) is 4.27. The molecule has 25 heavy (non-hydrogen) atoms. The lowest BCUT2D eigenvalue weighted by Crippen LogP contribution is -2.39. The molecule has 0 spiro atoms. The largest absolute Gasteiger partial charge is 0.396 e. The van der Waals surface area contributed by atoms with E-state index >= 15 is 4.39 Å². The molecular weight excluding hydrogens is 362 g/mol. The van der Waals surface area contributed by atoms with Crippen LogP contribution < -0.4 is 11.3 Å². The van der Waals surface area contributed by atoms with Gasteiger partial charge < -0.3 is 20.7 Å². The number of fused-ring (bicyclic) bond motifs is 1. The molecule has 0 bridgehead atoms. The van der Waals surface area contributed by atoms with Gasteiger partial charge in [-0.1, -0.05) is 0 Å². The van der Waals surface area contributed by atoms with Crippen molar-refractivity contribution in [3.8, 4) is 11.3 Å². The molecular formula is C14H13ClF2N4O4. The Morgan fingerprint density at radius 3 is 2.84 bits per heavy atom. The van der Waals surface area contributed by atoms with Gasteiger partial charge in [0.05, 0.1) is 25.2 Å². The van der Waals surface area contributed by atoms with Gasteiger partial charge >= 0.3 is 0 Å². The summed E-state index contributed by atoms with van der Waals surface area (Å²) in [5.74, 6) is -0.430. The SMILES string of the molecule is Nc1nc2c(c(F)cn2[C@@H]2O[C@H](CO)C(CO)C2(F)C#CCl)c(=O)[nH]1. The minimum Gasteiger partial charge on any atom is -0.396 e. The number of ether oxygens (including phenoxy) is 1. The molecule has 8 nitrogen and oxygen atoms in total. The van der Waals surface area contributed by atoms with Crippen LogP contribution in [0.5, 0.6) is 0 Å². The van der Waals surface area contributed by atoms with Crippen LogP contribution in [0.15, 0.2) is 11.0 Å². The molecule has 3 rings (SSSR count). The number of nitrogens with two attached hydrogens (primary N) is 1. The lowest BCUT2D eigenvalue weighted by Gasteiger charge is -2.25. The van der Waals surface area contributed by atoms with Crippen molar-refractivity contribution in [1.29, 1.82) is 0 Å². The van der Waals surface area contributed by atoms with Gasteiger partial charge in [0.1, 0.15) is 5.39 Å². The minimum atomic E-state index is -2.57. The number of aromatic nitrogens is 3. The van der Waals surface area contributed by atoms with E-state index in [0.717, 1.165) is 10.8 Å². The Hall–Kier alpha value is -2.19. The van der Waals surface area contributed by atoms with E-state index in [9.17, 15) is 19.4 Å². The Morgan fingerprint density at radius 2 is 2.24 bits per heavy atom. The molecule has 11 heteroatoms. The molecule has 1 saturated heterocycles. The topological polar surface area (TPSA) is 126 Å². The zero-order chi connectivity index (χ0) is 18.4. The second kappa shape index (κ2) is 6.27. The van der Waals surface area contributed by atoms with Gasteiger partial charge in [-0.05, 0) is 17.5 Å². The van der Waals surface area contributed by atoms with Crippen LogP contribution >= 0.6 is 11.6 Å². The number of alkyl halides is 1. The average Bonchev–Trinajstić information content (AvgIpc) is 3.01. The normalized spacial score (nSPS) is 28.9. The second-order valence-electron chi connectivity index (χ2n) is 5.52. The predicted octanol–water partition coefficient (Wildman–Crippen LogP) is -0.148. The maximum absolute atomic E-state index is 15.6. The summed E-state index contributed by atoms with van der Waals surface area (Å²) >= 11 is 5.34. The molecule has 1 aliphatic heterocycles. The van der Waals surface area contributed by atoms with Crippen molar-refractivity contribution in [1.82, 2.24) is 14.5 Å². The maximum Gasteiger partial charge on any atom is 0.264 e. The number of halogens is 3. The summed E-state index contributed by atoms with van der Waals surface area (Å²) in [5.41, 5.74) is 1.79. The van der Waals surface area contributed by atoms with Crippen molar-refractivity contribution in [3.63, 3.8) is 0 Å². The first kappa shape index (κ1) is 17.6. The molecule has 1 aliphatic rings. The number of rotatable bonds is 3. The first-order valence-corrected chi connectivity index (χ1v) is 7.49. The molecule has 0 amide bonds. The van der Waals surface area contributed by atoms with Gasteiger partial charge in [0.25, 0.3) is 5.56 Å². The van der Waals surface area contributed by atoms with E-state index in [4.69, 9.17) is 22.1 Å². The summed E-state index contributed by atoms with van der Waals surface area (Å²) in [4.78, 5) is 17.8. The number of aromatic amines is 1. The maximum atomic E-state index is 15.6. The van der Waals surface area contributed by atoms with Crippen LogP contribution in [0.3, 0.4) is 0 Å². The first-order chi connectivity index (χ1) is 11.9. The van der Waals surface area contributed by atoms with Crippen LogP contribution in [0.4, 0.5) is 14.7 Å². The van der Waals surface area contributed by atoms with Crippen LogP contribution in [-0.2, 0) is 4.74 Å². The molecule has 2 aromatic heterocycles. The van der Waals surface area contributed by atoms with E-state index in [0.29, 0.717) is 0 Å². The zero-order valence-corrected chi connectivity index (χ0v) is 13.3. The van der Waals surface area contributed by atoms with E-state index in [-0.39, 0.29) is 11.6 Å². The quantitative estimate of drug-likeness (QED) is 0.554. The smallest absolute Gasteiger partial charge is 0.264 e. The number of hydrogen-bond donors (Lipinski definition) is 4. The fourth-order valence-electron chi connectivity index (χ4n) is 3.04. The van der Waals surface area contributed by atoms with Gasteiger partial charge in [-0.3, -0.25) is 14.3 Å². The van der Waals surface area contributed by atoms with E-state index in [1.54, 1.807) is 0 Å². The second-order valence-corrected chi connectivity index (χ2v) is 5.71. The fourth-order valence-corrected chi connectivity index (χ4v) is 3.18. The van der Waals surface area contributed by atoms with Gasteiger partial charge in [0.2, 0.25) is 11.6 Å². The Labute approximate surface area is 144 Å². The molecule has 1 fully saturated rings. The molecule has 0 saturated carbocycles. The van der Waals surface area contributed by atoms with Gasteiger partial charge in [-0.15, -0.1) is 0 Å². The van der Waals surface area contributed by atoms with Crippen molar-refractivity contribution in [3.05, 3.63) is 22.4 Å². The summed E-state index contributed by atoms with van der Waals surface area (Å²) in [6, 6.07) is 0. The standard InChI is InChI=1S/C14H13ClF2N4O4/c15-2-1-14(17)6(4-22)8(5-23)25-12(14)21-3-7(16)9-10(21)19-13(18)20-11(9)24/h3,6,8,12,22-23H,4-5H2,(H3,18,19,20,24)/t6?,8-,12-,14?/m1/s1. The van der Waals surface area contributed by atoms with Crippen LogP contribution in [0.25, 0.3) is 11.0 Å². The summed E-state index contributed by atoms with van der Waals surface area (Å²) in [5, 5.41) is 20.3. The molecule has 0 aliphatic carbocycles. The number of nitrogen functional groups attached to an aromatic ring is 1. The third kappa shape index (κ3) is 2.56. The van der Waals surface area contributed by atoms with E-state index in [1.165, 1.54) is 0 Å². The number of nitrogens with one attached hydrogen (secondary N) is 1. The van der Waals surface area contributed by atoms with Crippen molar-refractivity contribution in [2.24, 2.45) is 5.92 Å². The molecule has 2 unspecified atom stereocenters. The highest BCUT2D eigenvalue weighted by atomic mass is 35.5. The van der Waals surface area contributed by atoms with E-state index in [2.05, 4.69) is 15.9 Å². The summed E-state index contributed by atoms with van der Waals surface area (Å²) in [6.45, 7) is -1.32.